The molecule has 0 aliphatic carbocycles. The monoisotopic (exact) mass is 511 g/mol. The first-order chi connectivity index (χ1) is 17.4. The Morgan fingerprint density at radius 3 is 2.22 bits per heavy atom. The molecule has 0 radical (unpaired) electrons. The molecule has 0 bridgehead atoms. The zero-order valence-electron chi connectivity index (χ0n) is 22.0. The number of anilines is 2. The molecule has 1 atom stereocenters. The molecule has 198 valence electrons. The summed E-state index contributed by atoms with van der Waals surface area (Å²) in [4.78, 5) is 58.2. The molecule has 1 aliphatic heterocycles. The van der Waals surface area contributed by atoms with Crippen LogP contribution in [0.25, 0.3) is 11.2 Å². The molecule has 2 amide bonds. The van der Waals surface area contributed by atoms with Gasteiger partial charge >= 0.3 is 11.8 Å². The fourth-order valence-electron chi connectivity index (χ4n) is 4.26. The zero-order chi connectivity index (χ0) is 27.1. The standard InChI is InChI=1S/C25H33N7O5/c1-16(32-15-26-20-19(32)22(34)29(6)23(35)28(20)5)21(33)27-17-7-9-18(10-8-17)30-11-13-31(14-12-30)24(36)37-25(2,3)4/h7-10,15-16H,11-14H2,1-6H3,(H,27,33). The molecule has 4 rings (SSSR count). The summed E-state index contributed by atoms with van der Waals surface area (Å²) in [6.07, 6.45) is 1.10. The van der Waals surface area contributed by atoms with Crippen LogP contribution in [0.1, 0.15) is 33.7 Å². The van der Waals surface area contributed by atoms with E-state index in [9.17, 15) is 19.2 Å². The van der Waals surface area contributed by atoms with Crippen molar-refractivity contribution in [2.75, 3.05) is 36.4 Å². The molecule has 3 heterocycles. The second-order valence-corrected chi connectivity index (χ2v) is 10.2. The van der Waals surface area contributed by atoms with Gasteiger partial charge in [-0.2, -0.15) is 0 Å². The average Bonchev–Trinajstić information content (AvgIpc) is 3.30. The van der Waals surface area contributed by atoms with E-state index in [2.05, 4.69) is 15.2 Å². The summed E-state index contributed by atoms with van der Waals surface area (Å²) >= 11 is 0. The maximum Gasteiger partial charge on any atom is 0.410 e. The minimum atomic E-state index is -0.740. The van der Waals surface area contributed by atoms with Crippen LogP contribution in [0, 0.1) is 0 Å². The van der Waals surface area contributed by atoms with Gasteiger partial charge in [0.2, 0.25) is 5.91 Å². The Balaban J connectivity index is 1.41. The van der Waals surface area contributed by atoms with Crippen LogP contribution in [0.3, 0.4) is 0 Å². The minimum absolute atomic E-state index is 0.188. The minimum Gasteiger partial charge on any atom is -0.444 e. The molecular formula is C25H33N7O5. The molecule has 1 saturated heterocycles. The molecule has 1 aliphatic rings. The average molecular weight is 512 g/mol. The first-order valence-corrected chi connectivity index (χ1v) is 12.1. The number of nitrogens with zero attached hydrogens (tertiary/aromatic N) is 6. The van der Waals surface area contributed by atoms with Crippen LogP contribution in [-0.4, -0.2) is 67.4 Å². The van der Waals surface area contributed by atoms with Gasteiger partial charge in [-0.3, -0.25) is 18.7 Å². The fourth-order valence-corrected chi connectivity index (χ4v) is 4.26. The van der Waals surface area contributed by atoms with Crippen LogP contribution < -0.4 is 21.5 Å². The van der Waals surface area contributed by atoms with E-state index in [1.165, 1.54) is 29.6 Å². The van der Waals surface area contributed by atoms with Crippen molar-refractivity contribution >= 4 is 34.5 Å². The van der Waals surface area contributed by atoms with Crippen LogP contribution in [-0.2, 0) is 23.6 Å². The zero-order valence-corrected chi connectivity index (χ0v) is 22.0. The molecule has 1 fully saturated rings. The molecule has 12 heteroatoms. The van der Waals surface area contributed by atoms with Crippen LogP contribution in [0.15, 0.2) is 40.2 Å². The van der Waals surface area contributed by atoms with E-state index < -0.39 is 22.9 Å². The van der Waals surface area contributed by atoms with Crippen molar-refractivity contribution in [3.8, 4) is 0 Å². The summed E-state index contributed by atoms with van der Waals surface area (Å²) in [5.41, 5.74) is 0.497. The molecule has 12 nitrogen and oxygen atoms in total. The number of amides is 2. The van der Waals surface area contributed by atoms with Crippen molar-refractivity contribution in [2.24, 2.45) is 14.1 Å². The number of fused-ring (bicyclic) bond motifs is 1. The number of imidazole rings is 1. The van der Waals surface area contributed by atoms with Gasteiger partial charge in [0.05, 0.1) is 6.33 Å². The first-order valence-electron chi connectivity index (χ1n) is 12.1. The Labute approximate surface area is 214 Å². The van der Waals surface area contributed by atoms with Crippen LogP contribution in [0.5, 0.6) is 0 Å². The lowest BCUT2D eigenvalue weighted by Gasteiger charge is -2.36. The van der Waals surface area contributed by atoms with E-state index in [1.54, 1.807) is 11.8 Å². The van der Waals surface area contributed by atoms with E-state index in [-0.39, 0.29) is 23.2 Å². The lowest BCUT2D eigenvalue weighted by atomic mass is 10.2. The van der Waals surface area contributed by atoms with Gasteiger partial charge in [0, 0.05) is 51.6 Å². The topological polar surface area (TPSA) is 124 Å². The predicted octanol–water partition coefficient (Wildman–Crippen LogP) is 1.69. The number of rotatable bonds is 4. The van der Waals surface area contributed by atoms with Crippen molar-refractivity contribution in [3.63, 3.8) is 0 Å². The maximum absolute atomic E-state index is 13.0. The third-order valence-corrected chi connectivity index (χ3v) is 6.40. The third-order valence-electron chi connectivity index (χ3n) is 6.40. The molecular weight excluding hydrogens is 478 g/mol. The molecule has 3 aromatic rings. The quantitative estimate of drug-likeness (QED) is 0.565. The largest absolute Gasteiger partial charge is 0.444 e. The number of aryl methyl sites for hydroxylation is 1. The number of nitrogens with one attached hydrogen (secondary N) is 1. The Morgan fingerprint density at radius 2 is 1.62 bits per heavy atom. The Morgan fingerprint density at radius 1 is 1.00 bits per heavy atom. The second kappa shape index (κ2) is 9.75. The number of benzene rings is 1. The van der Waals surface area contributed by atoms with Crippen LogP contribution >= 0.6 is 0 Å². The van der Waals surface area contributed by atoms with Gasteiger partial charge in [0.1, 0.15) is 11.6 Å². The van der Waals surface area contributed by atoms with Gasteiger partial charge < -0.3 is 24.4 Å². The van der Waals surface area contributed by atoms with Gasteiger partial charge in [0.25, 0.3) is 5.56 Å². The van der Waals surface area contributed by atoms with E-state index in [4.69, 9.17) is 4.74 Å². The molecule has 2 aromatic heterocycles. The number of aromatic nitrogens is 4. The Kier molecular flexibility index (Phi) is 6.85. The molecule has 0 saturated carbocycles. The van der Waals surface area contributed by atoms with Crippen molar-refractivity contribution in [1.29, 1.82) is 0 Å². The fraction of sp³-hybridized carbons (Fsp3) is 0.480. The van der Waals surface area contributed by atoms with Gasteiger partial charge in [0.15, 0.2) is 11.2 Å². The highest BCUT2D eigenvalue weighted by Crippen LogP contribution is 2.22. The number of ether oxygens (including phenoxy) is 1. The molecule has 1 aromatic carbocycles. The first kappa shape index (κ1) is 26.0. The van der Waals surface area contributed by atoms with Crippen molar-refractivity contribution in [2.45, 2.75) is 39.3 Å². The van der Waals surface area contributed by atoms with E-state index in [1.807, 2.05) is 45.0 Å². The molecule has 1 N–H and O–H groups in total. The Hall–Kier alpha value is -4.09. The van der Waals surface area contributed by atoms with Crippen LogP contribution in [0.4, 0.5) is 16.2 Å². The summed E-state index contributed by atoms with van der Waals surface area (Å²) in [5.74, 6) is -0.325. The smallest absolute Gasteiger partial charge is 0.410 e. The summed E-state index contributed by atoms with van der Waals surface area (Å²) < 4.78 is 9.21. The van der Waals surface area contributed by atoms with E-state index in [0.29, 0.717) is 31.9 Å². The highest BCUT2D eigenvalue weighted by Gasteiger charge is 2.26. The molecule has 1 unspecified atom stereocenters. The third kappa shape index (κ3) is 5.23. The van der Waals surface area contributed by atoms with Crippen molar-refractivity contribution < 1.29 is 14.3 Å². The maximum atomic E-state index is 13.0. The van der Waals surface area contributed by atoms with Crippen molar-refractivity contribution in [1.82, 2.24) is 23.6 Å². The molecule has 0 spiro atoms. The summed E-state index contributed by atoms with van der Waals surface area (Å²) in [7, 11) is 2.93. The normalized spacial score (nSPS) is 15.1. The summed E-state index contributed by atoms with van der Waals surface area (Å²) in [6, 6.07) is 6.73. The van der Waals surface area contributed by atoms with Gasteiger partial charge in [-0.25, -0.2) is 14.6 Å². The highest BCUT2D eigenvalue weighted by atomic mass is 16.6. The second-order valence-electron chi connectivity index (χ2n) is 10.2. The number of hydrogen-bond donors (Lipinski definition) is 1. The van der Waals surface area contributed by atoms with E-state index >= 15 is 0 Å². The lowest BCUT2D eigenvalue weighted by molar-refractivity contribution is -0.118. The van der Waals surface area contributed by atoms with Crippen molar-refractivity contribution in [3.05, 3.63) is 51.4 Å². The van der Waals surface area contributed by atoms with E-state index in [0.717, 1.165) is 10.3 Å². The lowest BCUT2D eigenvalue weighted by Crippen LogP contribution is -2.50. The van der Waals surface area contributed by atoms with Crippen LogP contribution in [0.2, 0.25) is 0 Å². The number of carbonyl (C=O) groups excluding carboxylic acids is 2. The highest BCUT2D eigenvalue weighted by molar-refractivity contribution is 5.94. The van der Waals surface area contributed by atoms with Gasteiger partial charge in [-0.1, -0.05) is 0 Å². The predicted molar refractivity (Wildman–Crippen MR) is 140 cm³/mol. The number of piperazine rings is 1. The number of carbonyl (C=O) groups is 2. The summed E-state index contributed by atoms with van der Waals surface area (Å²) in [6.45, 7) is 9.70. The Bertz CT molecular complexity index is 1440. The van der Waals surface area contributed by atoms with Gasteiger partial charge in [-0.15, -0.1) is 0 Å². The van der Waals surface area contributed by atoms with Gasteiger partial charge in [-0.05, 0) is 52.0 Å². The SMILES string of the molecule is CC(C(=O)Nc1ccc(N2CCN(C(=O)OC(C)(C)C)CC2)cc1)n1cnc2c1c(=O)n(C)c(=O)n2C. The summed E-state index contributed by atoms with van der Waals surface area (Å²) in [5, 5.41) is 2.88. The molecule has 37 heavy (non-hydrogen) atoms. The number of hydrogen-bond acceptors (Lipinski definition) is 7.